The summed E-state index contributed by atoms with van der Waals surface area (Å²) in [5.41, 5.74) is 6.76. The molecule has 2 amide bonds. The normalized spacial score (nSPS) is 11.7. The van der Waals surface area contributed by atoms with Crippen molar-refractivity contribution in [1.82, 2.24) is 5.32 Å². The van der Waals surface area contributed by atoms with Crippen LogP contribution in [0.4, 0.5) is 5.69 Å². The molecule has 11 nitrogen and oxygen atoms in total. The second-order valence-electron chi connectivity index (χ2n) is 8.36. The van der Waals surface area contributed by atoms with Gasteiger partial charge in [0.05, 0.1) is 11.8 Å². The van der Waals surface area contributed by atoms with E-state index in [1.54, 1.807) is 42.5 Å². The van der Waals surface area contributed by atoms with Gasteiger partial charge >= 0.3 is 16.1 Å². The summed E-state index contributed by atoms with van der Waals surface area (Å²) >= 11 is 0. The van der Waals surface area contributed by atoms with Gasteiger partial charge in [-0.1, -0.05) is 24.3 Å². The summed E-state index contributed by atoms with van der Waals surface area (Å²) < 4.78 is 39.3. The molecule has 3 rings (SSSR count). The van der Waals surface area contributed by atoms with Crippen LogP contribution in [0.5, 0.6) is 0 Å². The van der Waals surface area contributed by atoms with Crippen LogP contribution in [0.3, 0.4) is 0 Å². The van der Waals surface area contributed by atoms with Gasteiger partial charge in [-0.15, -0.1) is 0 Å². The highest BCUT2D eigenvalue weighted by Gasteiger charge is 2.23. The van der Waals surface area contributed by atoms with Crippen LogP contribution in [-0.4, -0.2) is 61.1 Å². The molecule has 0 aromatic heterocycles. The van der Waals surface area contributed by atoms with E-state index in [4.69, 9.17) is 11.1 Å². The van der Waals surface area contributed by atoms with Crippen LogP contribution in [0.1, 0.15) is 36.6 Å². The van der Waals surface area contributed by atoms with Crippen LogP contribution in [0.25, 0.3) is 11.1 Å². The van der Waals surface area contributed by atoms with Crippen LogP contribution in [0.15, 0.2) is 66.7 Å². The standard InChI is InChI=1S/C26H26N4O7S2/c1-38(34)14-13-29-24(31)17-9-12-20(22(15-17)26(33)37-39(2,35)36)19-5-3-4-6-21(19)25(32)30-18-10-7-16(8-11-18)23(27)28/h3-12,15H,13-14H2,1-2H3,(H3,27,28)(H,29,31)(H,30,32). The maximum atomic E-state index is 13.2. The highest BCUT2D eigenvalue weighted by molar-refractivity contribution is 7.86. The molecule has 1 atom stereocenters. The molecular weight excluding hydrogens is 544 g/mol. The molecule has 0 saturated carbocycles. The molecule has 13 heteroatoms. The molecule has 0 aliphatic rings. The topological polar surface area (TPSA) is 186 Å². The summed E-state index contributed by atoms with van der Waals surface area (Å²) in [5, 5.41) is 12.8. The molecule has 1 unspecified atom stereocenters. The smallest absolute Gasteiger partial charge is 0.354 e. The lowest BCUT2D eigenvalue weighted by Gasteiger charge is -2.15. The third kappa shape index (κ3) is 8.06. The zero-order chi connectivity index (χ0) is 28.7. The van der Waals surface area contributed by atoms with Gasteiger partial charge in [0.15, 0.2) is 0 Å². The summed E-state index contributed by atoms with van der Waals surface area (Å²) in [6.45, 7) is 0.128. The predicted molar refractivity (Wildman–Crippen MR) is 149 cm³/mol. The van der Waals surface area contributed by atoms with Crippen LogP contribution in [0.2, 0.25) is 0 Å². The molecule has 3 aromatic rings. The van der Waals surface area contributed by atoms with Gasteiger partial charge in [0.2, 0.25) is 0 Å². The van der Waals surface area contributed by atoms with Crippen LogP contribution in [-0.2, 0) is 25.1 Å². The molecular formula is C26H26N4O7S2. The average molecular weight is 571 g/mol. The number of carbonyl (C=O) groups excluding carboxylic acids is 3. The van der Waals surface area contributed by atoms with Crippen molar-refractivity contribution >= 4 is 50.2 Å². The lowest BCUT2D eigenvalue weighted by molar-refractivity contribution is 0.0748. The molecule has 204 valence electrons. The van der Waals surface area contributed by atoms with Crippen LogP contribution < -0.4 is 16.4 Å². The van der Waals surface area contributed by atoms with E-state index in [1.807, 2.05) is 0 Å². The summed E-state index contributed by atoms with van der Waals surface area (Å²) in [7, 11) is -5.32. The number of nitrogens with two attached hydrogens (primary N) is 1. The fourth-order valence-electron chi connectivity index (χ4n) is 3.53. The quantitative estimate of drug-likeness (QED) is 0.162. The van der Waals surface area contributed by atoms with E-state index in [-0.39, 0.29) is 46.0 Å². The SMILES string of the molecule is CS(=O)CCNC(=O)c1ccc(-c2ccccc2C(=O)Nc2ccc(C(=N)N)cc2)c(C(=O)OS(C)(=O)=O)c1. The molecule has 3 aromatic carbocycles. The number of nitrogens with one attached hydrogen (secondary N) is 3. The van der Waals surface area contributed by atoms with Crippen molar-refractivity contribution in [3.63, 3.8) is 0 Å². The number of anilines is 1. The van der Waals surface area contributed by atoms with Gasteiger partial charge in [-0.25, -0.2) is 4.79 Å². The molecule has 0 spiro atoms. The lowest BCUT2D eigenvalue weighted by Crippen LogP contribution is -2.27. The molecule has 0 saturated heterocycles. The monoisotopic (exact) mass is 570 g/mol. The summed E-state index contributed by atoms with van der Waals surface area (Å²) in [4.78, 5) is 38.7. The Balaban J connectivity index is 2.02. The van der Waals surface area contributed by atoms with Crippen molar-refractivity contribution in [2.24, 2.45) is 5.73 Å². The number of nitrogen functional groups attached to an aromatic ring is 1. The van der Waals surface area contributed by atoms with Crippen molar-refractivity contribution in [1.29, 1.82) is 5.41 Å². The largest absolute Gasteiger partial charge is 0.384 e. The fraction of sp³-hybridized carbons (Fsp3) is 0.154. The van der Waals surface area contributed by atoms with E-state index >= 15 is 0 Å². The number of hydrogen-bond donors (Lipinski definition) is 4. The fourth-order valence-corrected chi connectivity index (χ4v) is 4.28. The van der Waals surface area contributed by atoms with E-state index < -0.39 is 38.7 Å². The van der Waals surface area contributed by atoms with E-state index in [0.29, 0.717) is 17.5 Å². The zero-order valence-corrected chi connectivity index (χ0v) is 22.6. The predicted octanol–water partition coefficient (Wildman–Crippen LogP) is 2.11. The van der Waals surface area contributed by atoms with E-state index in [1.165, 1.54) is 30.5 Å². The number of amides is 2. The first-order chi connectivity index (χ1) is 18.4. The summed E-state index contributed by atoms with van der Waals surface area (Å²) in [6.07, 6.45) is 2.21. The summed E-state index contributed by atoms with van der Waals surface area (Å²) in [6, 6.07) is 16.6. The summed E-state index contributed by atoms with van der Waals surface area (Å²) in [5.74, 6) is -2.22. The van der Waals surface area contributed by atoms with Crippen molar-refractivity contribution in [2.45, 2.75) is 0 Å². The molecule has 0 bridgehead atoms. The second kappa shape index (κ2) is 12.5. The molecule has 0 heterocycles. The van der Waals surface area contributed by atoms with Gasteiger partial charge in [0.1, 0.15) is 5.84 Å². The molecule has 0 aliphatic carbocycles. The minimum Gasteiger partial charge on any atom is -0.384 e. The maximum Gasteiger partial charge on any atom is 0.354 e. The first kappa shape index (κ1) is 29.2. The Kier molecular flexibility index (Phi) is 9.33. The number of carbonyl (C=O) groups is 3. The van der Waals surface area contributed by atoms with Crippen molar-refractivity contribution < 1.29 is 31.2 Å². The maximum absolute atomic E-state index is 13.2. The van der Waals surface area contributed by atoms with E-state index in [9.17, 15) is 27.0 Å². The Hall–Kier alpha value is -4.36. The van der Waals surface area contributed by atoms with Gasteiger partial charge in [-0.3, -0.25) is 19.2 Å². The Morgan fingerprint density at radius 2 is 1.54 bits per heavy atom. The average Bonchev–Trinajstić information content (AvgIpc) is 2.87. The number of benzene rings is 3. The van der Waals surface area contributed by atoms with Gasteiger partial charge in [-0.05, 0) is 53.6 Å². The number of amidine groups is 1. The third-order valence-electron chi connectivity index (χ3n) is 5.32. The van der Waals surface area contributed by atoms with E-state index in [0.717, 1.165) is 0 Å². The zero-order valence-electron chi connectivity index (χ0n) is 21.0. The third-order valence-corrected chi connectivity index (χ3v) is 6.55. The lowest BCUT2D eigenvalue weighted by atomic mass is 9.93. The van der Waals surface area contributed by atoms with Crippen molar-refractivity contribution in [3.05, 3.63) is 89.0 Å². The Labute approximate surface area is 227 Å². The Morgan fingerprint density at radius 3 is 2.15 bits per heavy atom. The molecule has 39 heavy (non-hydrogen) atoms. The molecule has 0 radical (unpaired) electrons. The van der Waals surface area contributed by atoms with Crippen LogP contribution >= 0.6 is 0 Å². The van der Waals surface area contributed by atoms with Gasteiger partial charge in [0.25, 0.3) is 11.8 Å². The number of hydrogen-bond acceptors (Lipinski definition) is 8. The first-order valence-electron chi connectivity index (χ1n) is 11.4. The minimum atomic E-state index is -4.19. The van der Waals surface area contributed by atoms with Crippen LogP contribution in [0, 0.1) is 5.41 Å². The van der Waals surface area contributed by atoms with Gasteiger partial charge < -0.3 is 20.6 Å². The van der Waals surface area contributed by atoms with E-state index in [2.05, 4.69) is 14.8 Å². The number of rotatable bonds is 10. The van der Waals surface area contributed by atoms with Crippen molar-refractivity contribution in [2.75, 3.05) is 30.1 Å². The second-order valence-corrected chi connectivity index (χ2v) is 11.5. The molecule has 5 N–H and O–H groups in total. The molecule has 0 fully saturated rings. The van der Waals surface area contributed by atoms with Gasteiger partial charge in [-0.2, -0.15) is 8.42 Å². The Bertz CT molecular complexity index is 1570. The highest BCUT2D eigenvalue weighted by Crippen LogP contribution is 2.30. The van der Waals surface area contributed by atoms with Gasteiger partial charge in [0, 0.05) is 51.7 Å². The first-order valence-corrected chi connectivity index (χ1v) is 14.9. The highest BCUT2D eigenvalue weighted by atomic mass is 32.2. The molecule has 0 aliphatic heterocycles. The van der Waals surface area contributed by atoms with Crippen molar-refractivity contribution in [3.8, 4) is 11.1 Å². The minimum absolute atomic E-state index is 0.0357. The Morgan fingerprint density at radius 1 is 0.923 bits per heavy atom.